The molecule has 1 aromatic carbocycles. The van der Waals surface area contributed by atoms with Gasteiger partial charge in [0.15, 0.2) is 5.96 Å². The molecule has 0 radical (unpaired) electrons. The number of aliphatic imine (C=N–C) groups is 1. The Morgan fingerprint density at radius 3 is 2.64 bits per heavy atom. The van der Waals surface area contributed by atoms with Gasteiger partial charge in [0.1, 0.15) is 0 Å². The highest BCUT2D eigenvalue weighted by Crippen LogP contribution is 2.11. The minimum atomic E-state index is -0.0634. The van der Waals surface area contributed by atoms with Gasteiger partial charge in [-0.15, -0.1) is 24.0 Å². The summed E-state index contributed by atoms with van der Waals surface area (Å²) in [6.07, 6.45) is 4.90. The third-order valence-corrected chi connectivity index (χ3v) is 3.64. The van der Waals surface area contributed by atoms with Crippen LogP contribution in [-0.2, 0) is 11.3 Å². The first-order chi connectivity index (χ1) is 11.5. The molecule has 3 N–H and O–H groups in total. The monoisotopic (exact) mass is 460 g/mol. The summed E-state index contributed by atoms with van der Waals surface area (Å²) in [4.78, 5) is 15.8. The van der Waals surface area contributed by atoms with Crippen LogP contribution in [0.15, 0.2) is 29.3 Å². The van der Waals surface area contributed by atoms with Crippen LogP contribution in [0.4, 0.5) is 5.69 Å². The van der Waals surface area contributed by atoms with Gasteiger partial charge in [0.25, 0.3) is 0 Å². The van der Waals surface area contributed by atoms with E-state index in [0.29, 0.717) is 12.6 Å². The first-order valence-corrected chi connectivity index (χ1v) is 8.96. The Balaban J connectivity index is 0.00000576. The Morgan fingerprint density at radius 2 is 2.00 bits per heavy atom. The standard InChI is InChI=1S/C19H32N4O.HI/c1-5-7-8-10-15(3)22-19(20-6-2)21-14-17-11-9-12-18(13-17)23-16(4)24;/h9,11-13,15H,5-8,10,14H2,1-4H3,(H,23,24)(H2,20,21,22);1H. The molecular formula is C19H33IN4O. The van der Waals surface area contributed by atoms with Crippen molar-refractivity contribution in [2.75, 3.05) is 11.9 Å². The Kier molecular flexibility index (Phi) is 13.2. The molecule has 0 aromatic heterocycles. The third-order valence-electron chi connectivity index (χ3n) is 3.64. The average Bonchev–Trinajstić information content (AvgIpc) is 2.53. The second-order valence-corrected chi connectivity index (χ2v) is 6.12. The van der Waals surface area contributed by atoms with Gasteiger partial charge < -0.3 is 16.0 Å². The number of guanidine groups is 1. The average molecular weight is 460 g/mol. The van der Waals surface area contributed by atoms with Crippen molar-refractivity contribution in [3.63, 3.8) is 0 Å². The summed E-state index contributed by atoms with van der Waals surface area (Å²) in [6, 6.07) is 8.19. The fourth-order valence-electron chi connectivity index (χ4n) is 2.45. The van der Waals surface area contributed by atoms with Crippen LogP contribution in [0.5, 0.6) is 0 Å². The van der Waals surface area contributed by atoms with Gasteiger partial charge in [0, 0.05) is 25.2 Å². The molecule has 0 aliphatic heterocycles. The number of amides is 1. The van der Waals surface area contributed by atoms with Crippen LogP contribution in [0.1, 0.15) is 58.9 Å². The van der Waals surface area contributed by atoms with E-state index in [4.69, 9.17) is 0 Å². The highest BCUT2D eigenvalue weighted by Gasteiger charge is 2.05. The number of rotatable bonds is 9. The second kappa shape index (κ2) is 13.9. The van der Waals surface area contributed by atoms with Crippen LogP contribution in [0.25, 0.3) is 0 Å². The van der Waals surface area contributed by atoms with E-state index >= 15 is 0 Å². The van der Waals surface area contributed by atoms with Crippen molar-refractivity contribution in [3.8, 4) is 0 Å². The van der Waals surface area contributed by atoms with Crippen molar-refractivity contribution in [1.29, 1.82) is 0 Å². The smallest absolute Gasteiger partial charge is 0.221 e. The first-order valence-electron chi connectivity index (χ1n) is 8.96. The van der Waals surface area contributed by atoms with E-state index in [-0.39, 0.29) is 29.9 Å². The van der Waals surface area contributed by atoms with Crippen molar-refractivity contribution < 1.29 is 4.79 Å². The van der Waals surface area contributed by atoms with Crippen LogP contribution < -0.4 is 16.0 Å². The summed E-state index contributed by atoms with van der Waals surface area (Å²) in [5.74, 6) is 0.776. The topological polar surface area (TPSA) is 65.5 Å². The number of unbranched alkanes of at least 4 members (excludes halogenated alkanes) is 2. The predicted molar refractivity (Wildman–Crippen MR) is 118 cm³/mol. The minimum absolute atomic E-state index is 0. The summed E-state index contributed by atoms with van der Waals surface area (Å²) in [5.41, 5.74) is 1.87. The van der Waals surface area contributed by atoms with Crippen LogP contribution in [0, 0.1) is 0 Å². The lowest BCUT2D eigenvalue weighted by molar-refractivity contribution is -0.114. The van der Waals surface area contributed by atoms with E-state index < -0.39 is 0 Å². The number of halogens is 1. The van der Waals surface area contributed by atoms with Gasteiger partial charge in [-0.2, -0.15) is 0 Å². The zero-order chi connectivity index (χ0) is 17.8. The molecule has 0 spiro atoms. The van der Waals surface area contributed by atoms with Crippen molar-refractivity contribution in [2.45, 2.75) is 66.0 Å². The number of benzene rings is 1. The number of nitrogens with one attached hydrogen (secondary N) is 3. The van der Waals surface area contributed by atoms with E-state index in [0.717, 1.165) is 30.2 Å². The summed E-state index contributed by atoms with van der Waals surface area (Å²) < 4.78 is 0. The Morgan fingerprint density at radius 1 is 1.24 bits per heavy atom. The Bertz CT molecular complexity index is 534. The van der Waals surface area contributed by atoms with Crippen LogP contribution in [0.3, 0.4) is 0 Å². The molecule has 0 bridgehead atoms. The molecule has 142 valence electrons. The van der Waals surface area contributed by atoms with Gasteiger partial charge in [0.05, 0.1) is 6.54 Å². The molecule has 1 aromatic rings. The van der Waals surface area contributed by atoms with Gasteiger partial charge in [-0.1, -0.05) is 38.3 Å². The normalized spacial score (nSPS) is 12.1. The van der Waals surface area contributed by atoms with Gasteiger partial charge >= 0.3 is 0 Å². The first kappa shape index (κ1) is 23.7. The van der Waals surface area contributed by atoms with E-state index in [9.17, 15) is 4.79 Å². The van der Waals surface area contributed by atoms with Crippen molar-refractivity contribution in [2.24, 2.45) is 4.99 Å². The van der Waals surface area contributed by atoms with Gasteiger partial charge in [0.2, 0.25) is 5.91 Å². The number of hydrogen-bond donors (Lipinski definition) is 3. The van der Waals surface area contributed by atoms with Crippen LogP contribution in [0.2, 0.25) is 0 Å². The SMILES string of the molecule is CCCCCC(C)NC(=NCc1cccc(NC(C)=O)c1)NCC.I. The summed E-state index contributed by atoms with van der Waals surface area (Å²) in [5, 5.41) is 9.55. The summed E-state index contributed by atoms with van der Waals surface area (Å²) in [7, 11) is 0. The fraction of sp³-hybridized carbons (Fsp3) is 0.579. The molecular weight excluding hydrogens is 427 g/mol. The number of carbonyl (C=O) groups excluding carboxylic acids is 1. The van der Waals surface area contributed by atoms with Crippen molar-refractivity contribution in [1.82, 2.24) is 10.6 Å². The van der Waals surface area contributed by atoms with Gasteiger partial charge in [-0.25, -0.2) is 4.99 Å². The van der Waals surface area contributed by atoms with Crippen molar-refractivity contribution >= 4 is 41.5 Å². The minimum Gasteiger partial charge on any atom is -0.357 e. The molecule has 0 saturated heterocycles. The molecule has 0 aliphatic rings. The highest BCUT2D eigenvalue weighted by molar-refractivity contribution is 14.0. The lowest BCUT2D eigenvalue weighted by Gasteiger charge is -2.17. The molecule has 5 nitrogen and oxygen atoms in total. The fourth-order valence-corrected chi connectivity index (χ4v) is 2.45. The van der Waals surface area contributed by atoms with E-state index in [1.54, 1.807) is 0 Å². The molecule has 0 aliphatic carbocycles. The van der Waals surface area contributed by atoms with Gasteiger partial charge in [-0.3, -0.25) is 4.79 Å². The van der Waals surface area contributed by atoms with Gasteiger partial charge in [-0.05, 0) is 38.0 Å². The molecule has 25 heavy (non-hydrogen) atoms. The molecule has 6 heteroatoms. The quantitative estimate of drug-likeness (QED) is 0.223. The largest absolute Gasteiger partial charge is 0.357 e. The predicted octanol–water partition coefficient (Wildman–Crippen LogP) is 4.29. The zero-order valence-corrected chi connectivity index (χ0v) is 18.2. The number of hydrogen-bond acceptors (Lipinski definition) is 2. The lowest BCUT2D eigenvalue weighted by Crippen LogP contribution is -2.42. The molecule has 1 amide bonds. The molecule has 0 heterocycles. The third kappa shape index (κ3) is 11.0. The molecule has 0 fully saturated rings. The molecule has 1 atom stereocenters. The summed E-state index contributed by atoms with van der Waals surface area (Å²) in [6.45, 7) is 9.40. The van der Waals surface area contributed by atoms with E-state index in [1.807, 2.05) is 24.3 Å². The number of nitrogens with zero attached hydrogens (tertiary/aromatic N) is 1. The Labute approximate surface area is 169 Å². The van der Waals surface area contributed by atoms with E-state index in [2.05, 4.69) is 41.7 Å². The Hall–Kier alpha value is -1.31. The van der Waals surface area contributed by atoms with Crippen molar-refractivity contribution in [3.05, 3.63) is 29.8 Å². The number of carbonyl (C=O) groups is 1. The maximum atomic E-state index is 11.1. The maximum Gasteiger partial charge on any atom is 0.221 e. The number of anilines is 1. The maximum absolute atomic E-state index is 11.1. The van der Waals surface area contributed by atoms with E-state index in [1.165, 1.54) is 26.2 Å². The molecule has 1 rings (SSSR count). The van der Waals surface area contributed by atoms with Crippen LogP contribution >= 0.6 is 24.0 Å². The molecule has 1 unspecified atom stereocenters. The zero-order valence-electron chi connectivity index (χ0n) is 15.9. The van der Waals surface area contributed by atoms with Crippen LogP contribution in [-0.4, -0.2) is 24.5 Å². The lowest BCUT2D eigenvalue weighted by atomic mass is 10.1. The second-order valence-electron chi connectivity index (χ2n) is 6.12. The summed E-state index contributed by atoms with van der Waals surface area (Å²) >= 11 is 0. The molecule has 0 saturated carbocycles. The highest BCUT2D eigenvalue weighted by atomic mass is 127.